The molecule has 1 amide bonds. The molecule has 5 nitrogen and oxygen atoms in total. The summed E-state index contributed by atoms with van der Waals surface area (Å²) in [6, 6.07) is 12.1. The summed E-state index contributed by atoms with van der Waals surface area (Å²) in [6.07, 6.45) is 4.16. The van der Waals surface area contributed by atoms with E-state index < -0.39 is 0 Å². The third kappa shape index (κ3) is 3.09. The van der Waals surface area contributed by atoms with Crippen LogP contribution in [0.25, 0.3) is 5.69 Å². The summed E-state index contributed by atoms with van der Waals surface area (Å²) in [6.45, 7) is 0.680. The number of rotatable bonds is 4. The lowest BCUT2D eigenvalue weighted by atomic mass is 10.1. The van der Waals surface area contributed by atoms with Crippen molar-refractivity contribution in [3.05, 3.63) is 63.5 Å². The Labute approximate surface area is 162 Å². The molecule has 5 rings (SSSR count). The van der Waals surface area contributed by atoms with Gasteiger partial charge in [0.15, 0.2) is 0 Å². The summed E-state index contributed by atoms with van der Waals surface area (Å²) in [5.74, 6) is 0.800. The van der Waals surface area contributed by atoms with Crippen molar-refractivity contribution in [3.8, 4) is 5.69 Å². The van der Waals surface area contributed by atoms with E-state index in [0.717, 1.165) is 42.9 Å². The minimum Gasteiger partial charge on any atom is -0.372 e. The average Bonchev–Trinajstić information content (AvgIpc) is 3.40. The molecule has 3 aromatic rings. The van der Waals surface area contributed by atoms with Gasteiger partial charge in [0.25, 0.3) is 0 Å². The first-order chi connectivity index (χ1) is 13.3. The predicted molar refractivity (Wildman–Crippen MR) is 106 cm³/mol. The normalized spacial score (nSPS) is 18.1. The molecule has 1 aromatic carbocycles. The molecule has 3 heterocycles. The number of anilines is 1. The number of fused-ring (bicyclic) bond motifs is 2. The maximum Gasteiger partial charge on any atom is 0.228 e. The lowest BCUT2D eigenvalue weighted by Gasteiger charge is -2.23. The van der Waals surface area contributed by atoms with Crippen molar-refractivity contribution >= 4 is 23.1 Å². The summed E-state index contributed by atoms with van der Waals surface area (Å²) < 4.78 is 7.76. The van der Waals surface area contributed by atoms with Gasteiger partial charge < -0.3 is 10.1 Å². The van der Waals surface area contributed by atoms with E-state index in [-0.39, 0.29) is 12.0 Å². The molecule has 0 spiro atoms. The van der Waals surface area contributed by atoms with E-state index in [0.29, 0.717) is 13.0 Å². The Hall–Kier alpha value is -2.44. The molecule has 2 aliphatic rings. The molecule has 2 aromatic heterocycles. The number of hydrogen-bond donors (Lipinski definition) is 1. The SMILES string of the molecule is O=C(C[C@H]1OCCc2ccsc21)Nc1c2c(nn1-c1ccccc1)CCC2. The Morgan fingerprint density at radius 2 is 2.11 bits per heavy atom. The highest BCUT2D eigenvalue weighted by atomic mass is 32.1. The van der Waals surface area contributed by atoms with Gasteiger partial charge in [-0.15, -0.1) is 11.3 Å². The van der Waals surface area contributed by atoms with Gasteiger partial charge in [0.05, 0.1) is 24.4 Å². The van der Waals surface area contributed by atoms with Crippen molar-refractivity contribution in [1.29, 1.82) is 0 Å². The number of nitrogens with one attached hydrogen (secondary N) is 1. The molecule has 1 atom stereocenters. The minimum atomic E-state index is -0.144. The van der Waals surface area contributed by atoms with Crippen molar-refractivity contribution in [2.75, 3.05) is 11.9 Å². The Bertz CT molecular complexity index is 977. The number of carbonyl (C=O) groups is 1. The van der Waals surface area contributed by atoms with Crippen LogP contribution in [0.1, 0.15) is 40.6 Å². The van der Waals surface area contributed by atoms with Gasteiger partial charge >= 0.3 is 0 Å². The largest absolute Gasteiger partial charge is 0.372 e. The number of benzene rings is 1. The molecule has 0 saturated heterocycles. The third-order valence-electron chi connectivity index (χ3n) is 5.30. The van der Waals surface area contributed by atoms with Gasteiger partial charge in [0.2, 0.25) is 5.91 Å². The van der Waals surface area contributed by atoms with E-state index in [4.69, 9.17) is 9.84 Å². The zero-order valence-corrected chi connectivity index (χ0v) is 15.8. The van der Waals surface area contributed by atoms with Crippen molar-refractivity contribution < 1.29 is 9.53 Å². The molecule has 0 fully saturated rings. The Balaban J connectivity index is 1.40. The topological polar surface area (TPSA) is 56.1 Å². The van der Waals surface area contributed by atoms with E-state index in [1.54, 1.807) is 11.3 Å². The number of aryl methyl sites for hydroxylation is 1. The van der Waals surface area contributed by atoms with Crippen molar-refractivity contribution in [2.45, 2.75) is 38.2 Å². The second-order valence-electron chi connectivity index (χ2n) is 7.05. The monoisotopic (exact) mass is 379 g/mol. The number of ether oxygens (including phenoxy) is 1. The fraction of sp³-hybridized carbons (Fsp3) is 0.333. The predicted octanol–water partition coefficient (Wildman–Crippen LogP) is 4.07. The van der Waals surface area contributed by atoms with Crippen LogP contribution >= 0.6 is 11.3 Å². The molecule has 0 saturated carbocycles. The van der Waals surface area contributed by atoms with Gasteiger partial charge in [-0.2, -0.15) is 5.10 Å². The van der Waals surface area contributed by atoms with Gasteiger partial charge in [-0.3, -0.25) is 4.79 Å². The average molecular weight is 379 g/mol. The van der Waals surface area contributed by atoms with Crippen LogP contribution in [-0.4, -0.2) is 22.3 Å². The number of hydrogen-bond acceptors (Lipinski definition) is 4. The first-order valence-electron chi connectivity index (χ1n) is 9.43. The van der Waals surface area contributed by atoms with Crippen LogP contribution < -0.4 is 5.32 Å². The second kappa shape index (κ2) is 6.94. The minimum absolute atomic E-state index is 0.0203. The summed E-state index contributed by atoms with van der Waals surface area (Å²) in [7, 11) is 0. The number of para-hydroxylation sites is 1. The van der Waals surface area contributed by atoms with Crippen LogP contribution in [0.5, 0.6) is 0 Å². The smallest absolute Gasteiger partial charge is 0.228 e. The number of carbonyl (C=O) groups excluding carboxylic acids is 1. The van der Waals surface area contributed by atoms with E-state index in [1.807, 2.05) is 35.0 Å². The van der Waals surface area contributed by atoms with E-state index in [2.05, 4.69) is 16.8 Å². The van der Waals surface area contributed by atoms with Crippen molar-refractivity contribution in [3.63, 3.8) is 0 Å². The molecule has 0 radical (unpaired) electrons. The zero-order chi connectivity index (χ0) is 18.2. The molecule has 6 heteroatoms. The van der Waals surface area contributed by atoms with Gasteiger partial charge in [0.1, 0.15) is 11.9 Å². The van der Waals surface area contributed by atoms with Crippen molar-refractivity contribution in [1.82, 2.24) is 9.78 Å². The highest BCUT2D eigenvalue weighted by Gasteiger charge is 2.28. The van der Waals surface area contributed by atoms with E-state index in [1.165, 1.54) is 16.0 Å². The van der Waals surface area contributed by atoms with Crippen LogP contribution in [0.3, 0.4) is 0 Å². The number of nitrogens with zero attached hydrogens (tertiary/aromatic N) is 2. The second-order valence-corrected chi connectivity index (χ2v) is 7.99. The fourth-order valence-corrected chi connectivity index (χ4v) is 5.01. The molecular formula is C21H21N3O2S. The van der Waals surface area contributed by atoms with Crippen LogP contribution in [0.15, 0.2) is 41.8 Å². The Kier molecular flexibility index (Phi) is 4.30. The summed E-state index contributed by atoms with van der Waals surface area (Å²) >= 11 is 1.68. The van der Waals surface area contributed by atoms with E-state index in [9.17, 15) is 4.79 Å². The van der Waals surface area contributed by atoms with Gasteiger partial charge in [0, 0.05) is 10.4 Å². The van der Waals surface area contributed by atoms with Crippen LogP contribution in [0.2, 0.25) is 0 Å². The summed E-state index contributed by atoms with van der Waals surface area (Å²) in [5, 5.41) is 9.99. The first kappa shape index (κ1) is 16.7. The van der Waals surface area contributed by atoms with Gasteiger partial charge in [-0.1, -0.05) is 18.2 Å². The first-order valence-corrected chi connectivity index (χ1v) is 10.3. The standard InChI is InChI=1S/C21H21N3O2S/c25-19(13-18-20-14(9-11-26-18)10-12-27-20)22-21-16-7-4-8-17(16)23-24(21)15-5-2-1-3-6-15/h1-3,5-6,10,12,18H,4,7-9,11,13H2,(H,22,25)/t18-/m1/s1. The summed E-state index contributed by atoms with van der Waals surface area (Å²) in [5.41, 5.74) is 4.56. The quantitative estimate of drug-likeness (QED) is 0.744. The molecule has 138 valence electrons. The van der Waals surface area contributed by atoms with Gasteiger partial charge in [-0.05, 0) is 54.8 Å². The summed E-state index contributed by atoms with van der Waals surface area (Å²) in [4.78, 5) is 14.1. The number of amides is 1. The van der Waals surface area contributed by atoms with Crippen LogP contribution in [0.4, 0.5) is 5.82 Å². The van der Waals surface area contributed by atoms with Crippen LogP contribution in [-0.2, 0) is 28.8 Å². The van der Waals surface area contributed by atoms with Crippen molar-refractivity contribution in [2.24, 2.45) is 0 Å². The molecule has 1 N–H and O–H groups in total. The lowest BCUT2D eigenvalue weighted by Crippen LogP contribution is -2.22. The lowest BCUT2D eigenvalue weighted by molar-refractivity contribution is -0.119. The highest BCUT2D eigenvalue weighted by molar-refractivity contribution is 7.10. The highest BCUT2D eigenvalue weighted by Crippen LogP contribution is 2.35. The van der Waals surface area contributed by atoms with Gasteiger partial charge in [-0.25, -0.2) is 4.68 Å². The number of aromatic nitrogens is 2. The molecule has 0 unspecified atom stereocenters. The third-order valence-corrected chi connectivity index (χ3v) is 6.35. The Morgan fingerprint density at radius 3 is 3.00 bits per heavy atom. The Morgan fingerprint density at radius 1 is 1.22 bits per heavy atom. The zero-order valence-electron chi connectivity index (χ0n) is 15.0. The maximum absolute atomic E-state index is 12.9. The number of thiophene rings is 1. The van der Waals surface area contributed by atoms with Crippen LogP contribution in [0, 0.1) is 0 Å². The molecule has 0 bridgehead atoms. The van der Waals surface area contributed by atoms with E-state index >= 15 is 0 Å². The molecular weight excluding hydrogens is 358 g/mol. The molecule has 1 aliphatic carbocycles. The molecule has 1 aliphatic heterocycles. The maximum atomic E-state index is 12.9. The molecule has 27 heavy (non-hydrogen) atoms. The fourth-order valence-electron chi connectivity index (χ4n) is 4.00.